The van der Waals surface area contributed by atoms with Crippen molar-refractivity contribution in [3.63, 3.8) is 0 Å². The van der Waals surface area contributed by atoms with Gasteiger partial charge in [-0.15, -0.1) is 0 Å². The first-order valence-electron chi connectivity index (χ1n) is 6.71. The lowest BCUT2D eigenvalue weighted by Gasteiger charge is -2.13. The molecule has 2 rings (SSSR count). The van der Waals surface area contributed by atoms with Gasteiger partial charge in [-0.05, 0) is 37.6 Å². The van der Waals surface area contributed by atoms with Crippen molar-refractivity contribution < 1.29 is 9.47 Å². The van der Waals surface area contributed by atoms with Gasteiger partial charge in [-0.25, -0.2) is 4.98 Å². The summed E-state index contributed by atoms with van der Waals surface area (Å²) in [6, 6.07) is 11.8. The zero-order chi connectivity index (χ0) is 14.4. The quantitative estimate of drug-likeness (QED) is 0.865. The average molecular weight is 272 g/mol. The van der Waals surface area contributed by atoms with Crippen LogP contribution in [0.3, 0.4) is 0 Å². The SMILES string of the molecule is CCO[C@H](C)c1ccc(Nc2cc(OC)ccn2)cc1. The first kappa shape index (κ1) is 14.3. The molecule has 0 saturated carbocycles. The van der Waals surface area contributed by atoms with Gasteiger partial charge in [0, 0.05) is 24.6 Å². The molecule has 1 aromatic heterocycles. The van der Waals surface area contributed by atoms with Crippen LogP contribution in [0.5, 0.6) is 5.75 Å². The summed E-state index contributed by atoms with van der Waals surface area (Å²) in [6.07, 6.45) is 1.83. The van der Waals surface area contributed by atoms with Crippen molar-refractivity contribution in [2.45, 2.75) is 20.0 Å². The van der Waals surface area contributed by atoms with Crippen LogP contribution in [0.15, 0.2) is 42.6 Å². The highest BCUT2D eigenvalue weighted by Gasteiger charge is 2.04. The lowest BCUT2D eigenvalue weighted by molar-refractivity contribution is 0.0764. The molecule has 4 heteroatoms. The largest absolute Gasteiger partial charge is 0.497 e. The van der Waals surface area contributed by atoms with Crippen LogP contribution in [0.2, 0.25) is 0 Å². The number of nitrogens with one attached hydrogen (secondary N) is 1. The molecular formula is C16H20N2O2. The number of methoxy groups -OCH3 is 1. The maximum atomic E-state index is 5.57. The second-order valence-electron chi connectivity index (χ2n) is 4.43. The Balaban J connectivity index is 2.06. The van der Waals surface area contributed by atoms with Gasteiger partial charge >= 0.3 is 0 Å². The maximum Gasteiger partial charge on any atom is 0.133 e. The molecule has 0 bridgehead atoms. The summed E-state index contributed by atoms with van der Waals surface area (Å²) in [6.45, 7) is 4.77. The average Bonchev–Trinajstić information content (AvgIpc) is 2.48. The predicted octanol–water partition coefficient (Wildman–Crippen LogP) is 3.93. The number of nitrogens with zero attached hydrogens (tertiary/aromatic N) is 1. The molecule has 0 amide bonds. The molecule has 0 radical (unpaired) electrons. The zero-order valence-electron chi connectivity index (χ0n) is 12.1. The maximum absolute atomic E-state index is 5.57. The molecule has 0 aliphatic carbocycles. The zero-order valence-corrected chi connectivity index (χ0v) is 12.1. The molecule has 2 aromatic rings. The number of hydrogen-bond acceptors (Lipinski definition) is 4. The standard InChI is InChI=1S/C16H20N2O2/c1-4-20-12(2)13-5-7-14(8-6-13)18-16-11-15(19-3)9-10-17-16/h5-12H,4H2,1-3H3,(H,17,18)/t12-/m1/s1. The molecule has 4 nitrogen and oxygen atoms in total. The first-order valence-corrected chi connectivity index (χ1v) is 6.71. The summed E-state index contributed by atoms with van der Waals surface area (Å²) < 4.78 is 10.7. The molecule has 0 unspecified atom stereocenters. The fourth-order valence-electron chi connectivity index (χ4n) is 1.94. The van der Waals surface area contributed by atoms with E-state index >= 15 is 0 Å². The lowest BCUT2D eigenvalue weighted by atomic mass is 10.1. The molecule has 0 fully saturated rings. The molecule has 106 valence electrons. The normalized spacial score (nSPS) is 11.9. The van der Waals surface area contributed by atoms with Gasteiger partial charge in [-0.3, -0.25) is 0 Å². The monoisotopic (exact) mass is 272 g/mol. The Morgan fingerprint density at radius 3 is 2.60 bits per heavy atom. The first-order chi connectivity index (χ1) is 9.72. The highest BCUT2D eigenvalue weighted by atomic mass is 16.5. The number of rotatable bonds is 6. The highest BCUT2D eigenvalue weighted by molar-refractivity contribution is 5.57. The van der Waals surface area contributed by atoms with E-state index < -0.39 is 0 Å². The Kier molecular flexibility index (Phi) is 4.96. The third-order valence-corrected chi connectivity index (χ3v) is 3.04. The van der Waals surface area contributed by atoms with E-state index in [1.165, 1.54) is 0 Å². The van der Waals surface area contributed by atoms with Crippen molar-refractivity contribution in [2.75, 3.05) is 19.0 Å². The smallest absolute Gasteiger partial charge is 0.133 e. The summed E-state index contributed by atoms with van der Waals surface area (Å²) in [4.78, 5) is 4.25. The molecule has 1 heterocycles. The molecule has 20 heavy (non-hydrogen) atoms. The van der Waals surface area contributed by atoms with Gasteiger partial charge < -0.3 is 14.8 Å². The van der Waals surface area contributed by atoms with Crippen LogP contribution >= 0.6 is 0 Å². The minimum atomic E-state index is 0.115. The summed E-state index contributed by atoms with van der Waals surface area (Å²) in [5.41, 5.74) is 2.15. The minimum Gasteiger partial charge on any atom is -0.497 e. The highest BCUT2D eigenvalue weighted by Crippen LogP contribution is 2.22. The Morgan fingerprint density at radius 2 is 1.95 bits per heavy atom. The Morgan fingerprint density at radius 1 is 1.20 bits per heavy atom. The van der Waals surface area contributed by atoms with Crippen molar-refractivity contribution in [1.82, 2.24) is 4.98 Å². The lowest BCUT2D eigenvalue weighted by Crippen LogP contribution is -2.00. The number of anilines is 2. The van der Waals surface area contributed by atoms with Crippen LogP contribution < -0.4 is 10.1 Å². The van der Waals surface area contributed by atoms with Gasteiger partial charge in [-0.1, -0.05) is 12.1 Å². The van der Waals surface area contributed by atoms with Gasteiger partial charge in [0.15, 0.2) is 0 Å². The van der Waals surface area contributed by atoms with Crippen molar-refractivity contribution in [3.8, 4) is 5.75 Å². The number of benzene rings is 1. The molecular weight excluding hydrogens is 252 g/mol. The minimum absolute atomic E-state index is 0.115. The van der Waals surface area contributed by atoms with Gasteiger partial charge in [0.25, 0.3) is 0 Å². The summed E-state index contributed by atoms with van der Waals surface area (Å²) in [5, 5.41) is 3.24. The second kappa shape index (κ2) is 6.91. The van der Waals surface area contributed by atoms with Crippen molar-refractivity contribution in [2.24, 2.45) is 0 Å². The van der Waals surface area contributed by atoms with Crippen LogP contribution in [0, 0.1) is 0 Å². The molecule has 1 aromatic carbocycles. The summed E-state index contributed by atoms with van der Waals surface area (Å²) in [5.74, 6) is 1.54. The third-order valence-electron chi connectivity index (χ3n) is 3.04. The van der Waals surface area contributed by atoms with Crippen molar-refractivity contribution in [1.29, 1.82) is 0 Å². The molecule has 0 spiro atoms. The van der Waals surface area contributed by atoms with Crippen LogP contribution in [-0.4, -0.2) is 18.7 Å². The van der Waals surface area contributed by atoms with E-state index in [4.69, 9.17) is 9.47 Å². The molecule has 0 aliphatic rings. The predicted molar refractivity (Wildman–Crippen MR) is 80.6 cm³/mol. The number of pyridine rings is 1. The molecule has 1 atom stereocenters. The van der Waals surface area contributed by atoms with Crippen molar-refractivity contribution in [3.05, 3.63) is 48.2 Å². The fourth-order valence-corrected chi connectivity index (χ4v) is 1.94. The summed E-state index contributed by atoms with van der Waals surface area (Å²) >= 11 is 0. The van der Waals surface area contributed by atoms with E-state index in [0.29, 0.717) is 0 Å². The third kappa shape index (κ3) is 3.71. The Bertz CT molecular complexity index is 540. The van der Waals surface area contributed by atoms with Crippen molar-refractivity contribution >= 4 is 11.5 Å². The van der Waals surface area contributed by atoms with Crippen LogP contribution in [0.25, 0.3) is 0 Å². The van der Waals surface area contributed by atoms with E-state index in [9.17, 15) is 0 Å². The second-order valence-corrected chi connectivity index (χ2v) is 4.43. The van der Waals surface area contributed by atoms with E-state index in [1.807, 2.05) is 31.2 Å². The van der Waals surface area contributed by atoms with Crippen LogP contribution in [-0.2, 0) is 4.74 Å². The van der Waals surface area contributed by atoms with Gasteiger partial charge in [-0.2, -0.15) is 0 Å². The number of aromatic nitrogens is 1. The molecule has 1 N–H and O–H groups in total. The Hall–Kier alpha value is -2.07. The molecule has 0 aliphatic heterocycles. The van der Waals surface area contributed by atoms with E-state index in [0.717, 1.165) is 29.4 Å². The van der Waals surface area contributed by atoms with Gasteiger partial charge in [0.2, 0.25) is 0 Å². The van der Waals surface area contributed by atoms with E-state index in [-0.39, 0.29) is 6.10 Å². The van der Waals surface area contributed by atoms with E-state index in [1.54, 1.807) is 13.3 Å². The number of ether oxygens (including phenoxy) is 2. The number of hydrogen-bond donors (Lipinski definition) is 1. The van der Waals surface area contributed by atoms with Crippen LogP contribution in [0.4, 0.5) is 11.5 Å². The van der Waals surface area contributed by atoms with Crippen LogP contribution in [0.1, 0.15) is 25.5 Å². The summed E-state index contributed by atoms with van der Waals surface area (Å²) in [7, 11) is 1.64. The van der Waals surface area contributed by atoms with Gasteiger partial charge in [0.05, 0.1) is 13.2 Å². The molecule has 0 saturated heterocycles. The van der Waals surface area contributed by atoms with Gasteiger partial charge in [0.1, 0.15) is 11.6 Å². The fraction of sp³-hybridized carbons (Fsp3) is 0.312. The van der Waals surface area contributed by atoms with E-state index in [2.05, 4.69) is 29.4 Å². The Labute approximate surface area is 119 Å². The topological polar surface area (TPSA) is 43.4 Å².